The summed E-state index contributed by atoms with van der Waals surface area (Å²) in [5.41, 5.74) is 5.15. The monoisotopic (exact) mass is 236 g/mol. The van der Waals surface area contributed by atoms with E-state index in [0.29, 0.717) is 19.3 Å². The Hall–Kier alpha value is -0.520. The van der Waals surface area contributed by atoms with Crippen LogP contribution in [0.15, 0.2) is 0 Å². The molecule has 5 nitrogen and oxygen atoms in total. The second-order valence-electron chi connectivity index (χ2n) is 4.67. The fraction of sp³-hybridized carbons (Fsp3) is 0.889. The lowest BCUT2D eigenvalue weighted by molar-refractivity contribution is -0.0471. The van der Waals surface area contributed by atoms with Crippen LogP contribution in [0.4, 0.5) is 4.79 Å². The first-order valence-corrected chi connectivity index (χ1v) is 4.94. The van der Waals surface area contributed by atoms with Gasteiger partial charge < -0.3 is 21.3 Å². The first-order chi connectivity index (χ1) is 6.46. The number of aliphatic hydroxyl groups excluding tert-OH is 1. The van der Waals surface area contributed by atoms with E-state index in [1.807, 2.05) is 0 Å². The Kier molecular flexibility index (Phi) is 3.19. The van der Waals surface area contributed by atoms with Crippen LogP contribution in [0.5, 0.6) is 0 Å². The van der Waals surface area contributed by atoms with Crippen molar-refractivity contribution < 1.29 is 15.0 Å². The highest BCUT2D eigenvalue weighted by atomic mass is 35.5. The molecule has 0 heterocycles. The SMILES string of the molecule is Cl.NC12CCC(NC(=O)O)(CC1)[C@@H](O)C2. The number of carboxylic acid groups (broad SMARTS) is 1. The van der Waals surface area contributed by atoms with Crippen molar-refractivity contribution in [2.75, 3.05) is 0 Å². The maximum Gasteiger partial charge on any atom is 0.405 e. The number of nitrogens with two attached hydrogens (primary N) is 1. The highest BCUT2D eigenvalue weighted by molar-refractivity contribution is 5.85. The first-order valence-electron chi connectivity index (χ1n) is 4.94. The Balaban J connectivity index is 0.00000112. The van der Waals surface area contributed by atoms with Gasteiger partial charge in [-0.15, -0.1) is 12.4 Å². The number of halogens is 1. The first kappa shape index (κ1) is 12.5. The van der Waals surface area contributed by atoms with Crippen LogP contribution < -0.4 is 11.1 Å². The van der Waals surface area contributed by atoms with Gasteiger partial charge in [-0.1, -0.05) is 0 Å². The van der Waals surface area contributed by atoms with Gasteiger partial charge in [-0.25, -0.2) is 4.79 Å². The Morgan fingerprint density at radius 3 is 2.27 bits per heavy atom. The van der Waals surface area contributed by atoms with E-state index >= 15 is 0 Å². The summed E-state index contributed by atoms with van der Waals surface area (Å²) in [5.74, 6) is 0. The number of fused-ring (bicyclic) bond motifs is 3. The zero-order valence-corrected chi connectivity index (χ0v) is 9.22. The molecule has 0 spiro atoms. The summed E-state index contributed by atoms with van der Waals surface area (Å²) in [7, 11) is 0. The molecular formula is C9H17ClN2O3. The molecule has 3 aliphatic carbocycles. The van der Waals surface area contributed by atoms with Gasteiger partial charge in [0.15, 0.2) is 0 Å². The molecule has 1 atom stereocenters. The fourth-order valence-corrected chi connectivity index (χ4v) is 2.73. The minimum Gasteiger partial charge on any atom is -0.465 e. The number of amides is 1. The van der Waals surface area contributed by atoms with Crippen LogP contribution in [0.2, 0.25) is 0 Å². The third-order valence-corrected chi connectivity index (χ3v) is 3.73. The number of carbonyl (C=O) groups is 1. The van der Waals surface area contributed by atoms with Crippen molar-refractivity contribution in [2.45, 2.75) is 49.3 Å². The molecule has 3 fully saturated rings. The third-order valence-electron chi connectivity index (χ3n) is 3.73. The molecule has 0 aromatic heterocycles. The van der Waals surface area contributed by atoms with Crippen molar-refractivity contribution in [3.8, 4) is 0 Å². The maximum atomic E-state index is 10.6. The van der Waals surface area contributed by atoms with Crippen LogP contribution in [-0.4, -0.2) is 33.5 Å². The molecule has 3 aliphatic rings. The highest BCUT2D eigenvalue weighted by Gasteiger charge is 2.53. The van der Waals surface area contributed by atoms with Crippen LogP contribution in [-0.2, 0) is 0 Å². The van der Waals surface area contributed by atoms with Crippen molar-refractivity contribution in [2.24, 2.45) is 5.73 Å². The van der Waals surface area contributed by atoms with Crippen LogP contribution in [0.25, 0.3) is 0 Å². The molecule has 0 saturated heterocycles. The molecule has 15 heavy (non-hydrogen) atoms. The van der Waals surface area contributed by atoms with Gasteiger partial charge in [0.2, 0.25) is 0 Å². The number of rotatable bonds is 1. The Morgan fingerprint density at radius 2 is 1.87 bits per heavy atom. The van der Waals surface area contributed by atoms with E-state index in [0.717, 1.165) is 12.8 Å². The van der Waals surface area contributed by atoms with Crippen molar-refractivity contribution in [3.63, 3.8) is 0 Å². The fourth-order valence-electron chi connectivity index (χ4n) is 2.73. The zero-order valence-electron chi connectivity index (χ0n) is 8.40. The summed E-state index contributed by atoms with van der Waals surface area (Å²) in [4.78, 5) is 10.6. The molecule has 0 aromatic rings. The molecule has 88 valence electrons. The molecule has 0 aromatic carbocycles. The van der Waals surface area contributed by atoms with Crippen molar-refractivity contribution in [1.82, 2.24) is 5.32 Å². The molecule has 3 saturated carbocycles. The minimum absolute atomic E-state index is 0. The second kappa shape index (κ2) is 3.81. The molecular weight excluding hydrogens is 220 g/mol. The van der Waals surface area contributed by atoms with E-state index in [9.17, 15) is 9.90 Å². The van der Waals surface area contributed by atoms with Crippen molar-refractivity contribution in [3.05, 3.63) is 0 Å². The van der Waals surface area contributed by atoms with Crippen molar-refractivity contribution in [1.29, 1.82) is 0 Å². The van der Waals surface area contributed by atoms with Crippen LogP contribution in [0.1, 0.15) is 32.1 Å². The van der Waals surface area contributed by atoms with Crippen LogP contribution >= 0.6 is 12.4 Å². The molecule has 0 unspecified atom stereocenters. The average molecular weight is 237 g/mol. The third kappa shape index (κ3) is 2.04. The van der Waals surface area contributed by atoms with E-state index in [2.05, 4.69) is 5.32 Å². The number of hydrogen-bond acceptors (Lipinski definition) is 3. The normalized spacial score (nSPS) is 43.2. The average Bonchev–Trinajstić information content (AvgIpc) is 2.07. The largest absolute Gasteiger partial charge is 0.465 e. The topological polar surface area (TPSA) is 95.6 Å². The maximum absolute atomic E-state index is 10.6. The lowest BCUT2D eigenvalue weighted by atomic mass is 9.60. The summed E-state index contributed by atoms with van der Waals surface area (Å²) >= 11 is 0. The molecule has 0 radical (unpaired) electrons. The standard InChI is InChI=1S/C9H16N2O3.ClH/c10-8-1-3-9(4-2-8,6(12)5-8)11-7(13)14;/h6,11-12H,1-5,10H2,(H,13,14);1H/t6-,8?,9?;/m0./s1. The van der Waals surface area contributed by atoms with E-state index < -0.39 is 17.7 Å². The Labute approximate surface area is 94.4 Å². The van der Waals surface area contributed by atoms with E-state index in [4.69, 9.17) is 10.8 Å². The highest BCUT2D eigenvalue weighted by Crippen LogP contribution is 2.45. The summed E-state index contributed by atoms with van der Waals surface area (Å²) in [6.45, 7) is 0. The van der Waals surface area contributed by atoms with E-state index in [1.165, 1.54) is 0 Å². The molecule has 2 bridgehead atoms. The summed E-state index contributed by atoms with van der Waals surface area (Å²) in [6, 6.07) is 0. The predicted octanol–water partition coefficient (Wildman–Crippen LogP) is 0.451. The van der Waals surface area contributed by atoms with Crippen LogP contribution in [0, 0.1) is 0 Å². The van der Waals surface area contributed by atoms with Gasteiger partial charge in [0.25, 0.3) is 0 Å². The van der Waals surface area contributed by atoms with E-state index in [1.54, 1.807) is 0 Å². The summed E-state index contributed by atoms with van der Waals surface area (Å²) in [5, 5.41) is 21.0. The summed E-state index contributed by atoms with van der Waals surface area (Å²) in [6.07, 6.45) is 1.71. The lowest BCUT2D eigenvalue weighted by Gasteiger charge is -2.54. The van der Waals surface area contributed by atoms with Gasteiger partial charge >= 0.3 is 6.09 Å². The van der Waals surface area contributed by atoms with Gasteiger partial charge in [-0.05, 0) is 32.1 Å². The molecule has 1 amide bonds. The number of nitrogens with one attached hydrogen (secondary N) is 1. The van der Waals surface area contributed by atoms with Gasteiger partial charge in [-0.2, -0.15) is 0 Å². The van der Waals surface area contributed by atoms with Gasteiger partial charge in [0.1, 0.15) is 0 Å². The number of hydrogen-bond donors (Lipinski definition) is 4. The molecule has 6 heteroatoms. The molecule has 5 N–H and O–H groups in total. The second-order valence-corrected chi connectivity index (χ2v) is 4.67. The van der Waals surface area contributed by atoms with E-state index in [-0.39, 0.29) is 17.9 Å². The number of aliphatic hydroxyl groups is 1. The summed E-state index contributed by atoms with van der Waals surface area (Å²) < 4.78 is 0. The predicted molar refractivity (Wildman–Crippen MR) is 57.1 cm³/mol. The quantitative estimate of drug-likeness (QED) is 0.532. The molecule has 0 aliphatic heterocycles. The lowest BCUT2D eigenvalue weighted by Crippen LogP contribution is -2.68. The smallest absolute Gasteiger partial charge is 0.405 e. The van der Waals surface area contributed by atoms with Gasteiger partial charge in [0, 0.05) is 5.54 Å². The van der Waals surface area contributed by atoms with Gasteiger partial charge in [0.05, 0.1) is 11.6 Å². The van der Waals surface area contributed by atoms with Crippen molar-refractivity contribution >= 4 is 18.5 Å². The minimum atomic E-state index is -1.06. The Bertz CT molecular complexity index is 264. The van der Waals surface area contributed by atoms with Crippen LogP contribution in [0.3, 0.4) is 0 Å². The zero-order chi connectivity index (χ0) is 10.4. The Morgan fingerprint density at radius 1 is 1.33 bits per heavy atom. The molecule has 3 rings (SSSR count). The van der Waals surface area contributed by atoms with Gasteiger partial charge in [-0.3, -0.25) is 0 Å².